The molecule has 0 saturated heterocycles. The van der Waals surface area contributed by atoms with Gasteiger partial charge in [0.25, 0.3) is 0 Å². The van der Waals surface area contributed by atoms with Crippen molar-refractivity contribution in [3.8, 4) is 5.75 Å². The van der Waals surface area contributed by atoms with Crippen molar-refractivity contribution in [2.24, 2.45) is 17.8 Å². The van der Waals surface area contributed by atoms with E-state index in [4.69, 9.17) is 4.74 Å². The van der Waals surface area contributed by atoms with Gasteiger partial charge in [-0.2, -0.15) is 0 Å². The van der Waals surface area contributed by atoms with Crippen LogP contribution in [0.3, 0.4) is 0 Å². The third-order valence-corrected chi connectivity index (χ3v) is 5.05. The van der Waals surface area contributed by atoms with Gasteiger partial charge in [0.2, 0.25) is 0 Å². The van der Waals surface area contributed by atoms with Gasteiger partial charge in [0.15, 0.2) is 0 Å². The fourth-order valence-electron chi connectivity index (χ4n) is 3.50. The molecule has 0 radical (unpaired) electrons. The van der Waals surface area contributed by atoms with Crippen LogP contribution in [0.5, 0.6) is 5.75 Å². The maximum Gasteiger partial charge on any atom is 0.119 e. The molecule has 2 heteroatoms. The molecule has 3 atom stereocenters. The molecule has 2 aliphatic carbocycles. The summed E-state index contributed by atoms with van der Waals surface area (Å²) < 4.78 is 5.96. The largest absolute Gasteiger partial charge is 0.493 e. The Hall–Kier alpha value is -0.500. The normalized spacial score (nSPS) is 30.8. The zero-order valence-corrected chi connectivity index (χ0v) is 11.7. The maximum absolute atomic E-state index is 5.96. The third-order valence-electron chi connectivity index (χ3n) is 4.40. The molecule has 0 N–H and O–H groups in total. The molecule has 0 spiro atoms. The van der Waals surface area contributed by atoms with Gasteiger partial charge in [-0.05, 0) is 54.7 Å². The number of rotatable bonds is 4. The molecule has 1 aromatic rings. The topological polar surface area (TPSA) is 9.23 Å². The van der Waals surface area contributed by atoms with E-state index in [1.165, 1.54) is 31.2 Å². The van der Waals surface area contributed by atoms with E-state index in [0.29, 0.717) is 0 Å². The SMILES string of the molecule is BrCc1cccc(OCC2CC3CCC2C3)c1. The number of halogens is 1. The predicted octanol–water partition coefficient (Wildman–Crippen LogP) is 4.40. The van der Waals surface area contributed by atoms with E-state index in [1.807, 2.05) is 0 Å². The van der Waals surface area contributed by atoms with E-state index in [-0.39, 0.29) is 0 Å². The van der Waals surface area contributed by atoms with Crippen LogP contribution in [0.1, 0.15) is 31.2 Å². The van der Waals surface area contributed by atoms with Crippen molar-refractivity contribution < 1.29 is 4.74 Å². The molecule has 0 aromatic heterocycles. The molecule has 0 heterocycles. The third kappa shape index (κ3) is 2.52. The van der Waals surface area contributed by atoms with Crippen LogP contribution in [0, 0.1) is 17.8 Å². The van der Waals surface area contributed by atoms with Crippen LogP contribution >= 0.6 is 15.9 Å². The predicted molar refractivity (Wildman–Crippen MR) is 73.5 cm³/mol. The Kier molecular flexibility index (Phi) is 3.41. The summed E-state index contributed by atoms with van der Waals surface area (Å²) in [6.45, 7) is 0.924. The molecular formula is C15H19BrO. The second-order valence-electron chi connectivity index (χ2n) is 5.53. The lowest BCUT2D eigenvalue weighted by molar-refractivity contribution is 0.195. The summed E-state index contributed by atoms with van der Waals surface area (Å²) in [6.07, 6.45) is 5.79. The first-order chi connectivity index (χ1) is 8.35. The second kappa shape index (κ2) is 5.01. The van der Waals surface area contributed by atoms with Gasteiger partial charge in [0.05, 0.1) is 6.61 Å². The summed E-state index contributed by atoms with van der Waals surface area (Å²) in [5, 5.41) is 0.901. The Balaban J connectivity index is 1.56. The molecule has 3 unspecified atom stereocenters. The van der Waals surface area contributed by atoms with Crippen molar-refractivity contribution in [2.75, 3.05) is 6.61 Å². The molecule has 1 aromatic carbocycles. The van der Waals surface area contributed by atoms with Crippen LogP contribution in [0.4, 0.5) is 0 Å². The Morgan fingerprint density at radius 3 is 2.88 bits per heavy atom. The molecule has 92 valence electrons. The zero-order chi connectivity index (χ0) is 11.7. The molecule has 2 fully saturated rings. The van der Waals surface area contributed by atoms with E-state index in [0.717, 1.165) is 35.4 Å². The van der Waals surface area contributed by atoms with Gasteiger partial charge in [0, 0.05) is 5.33 Å². The number of ether oxygens (including phenoxy) is 1. The van der Waals surface area contributed by atoms with Crippen molar-refractivity contribution in [3.05, 3.63) is 29.8 Å². The highest BCUT2D eigenvalue weighted by molar-refractivity contribution is 9.08. The highest BCUT2D eigenvalue weighted by Gasteiger charge is 2.39. The summed E-state index contributed by atoms with van der Waals surface area (Å²) in [4.78, 5) is 0. The summed E-state index contributed by atoms with van der Waals surface area (Å²) in [5.74, 6) is 3.83. The van der Waals surface area contributed by atoms with Gasteiger partial charge in [-0.25, -0.2) is 0 Å². The van der Waals surface area contributed by atoms with Crippen LogP contribution in [0.15, 0.2) is 24.3 Å². The second-order valence-corrected chi connectivity index (χ2v) is 6.09. The number of alkyl halides is 1. The highest BCUT2D eigenvalue weighted by atomic mass is 79.9. The molecule has 0 aliphatic heterocycles. The monoisotopic (exact) mass is 294 g/mol. The molecule has 2 aliphatic rings. The van der Waals surface area contributed by atoms with Gasteiger partial charge in [-0.1, -0.05) is 34.5 Å². The molecule has 17 heavy (non-hydrogen) atoms. The molecule has 2 bridgehead atoms. The standard InChI is InChI=1S/C15H19BrO/c16-9-12-2-1-3-15(8-12)17-10-14-7-11-4-5-13(14)6-11/h1-3,8,11,13-14H,4-7,9-10H2. The van der Waals surface area contributed by atoms with E-state index < -0.39 is 0 Å². The van der Waals surface area contributed by atoms with Gasteiger partial charge >= 0.3 is 0 Å². The molecule has 2 saturated carbocycles. The lowest BCUT2D eigenvalue weighted by atomic mass is 9.89. The first-order valence-electron chi connectivity index (χ1n) is 6.63. The number of hydrogen-bond acceptors (Lipinski definition) is 1. The first kappa shape index (κ1) is 11.6. The molecular weight excluding hydrogens is 276 g/mol. The van der Waals surface area contributed by atoms with E-state index >= 15 is 0 Å². The fraction of sp³-hybridized carbons (Fsp3) is 0.600. The maximum atomic E-state index is 5.96. The minimum atomic E-state index is 0.821. The minimum Gasteiger partial charge on any atom is -0.493 e. The van der Waals surface area contributed by atoms with E-state index in [9.17, 15) is 0 Å². The van der Waals surface area contributed by atoms with Crippen molar-refractivity contribution >= 4 is 15.9 Å². The molecule has 0 amide bonds. The summed E-state index contributed by atoms with van der Waals surface area (Å²) >= 11 is 3.48. The Morgan fingerprint density at radius 1 is 1.24 bits per heavy atom. The van der Waals surface area contributed by atoms with Crippen LogP contribution in [-0.4, -0.2) is 6.61 Å². The number of fused-ring (bicyclic) bond motifs is 2. The smallest absolute Gasteiger partial charge is 0.119 e. The number of hydrogen-bond donors (Lipinski definition) is 0. The molecule has 3 rings (SSSR count). The average Bonchev–Trinajstić information content (AvgIpc) is 2.99. The van der Waals surface area contributed by atoms with E-state index in [2.05, 4.69) is 40.2 Å². The van der Waals surface area contributed by atoms with Gasteiger partial charge in [0.1, 0.15) is 5.75 Å². The molecule has 1 nitrogen and oxygen atoms in total. The zero-order valence-electron chi connectivity index (χ0n) is 10.1. The van der Waals surface area contributed by atoms with Crippen molar-refractivity contribution in [3.63, 3.8) is 0 Å². The van der Waals surface area contributed by atoms with Crippen molar-refractivity contribution in [1.29, 1.82) is 0 Å². The Morgan fingerprint density at radius 2 is 2.18 bits per heavy atom. The van der Waals surface area contributed by atoms with Crippen LogP contribution in [-0.2, 0) is 5.33 Å². The first-order valence-corrected chi connectivity index (χ1v) is 7.75. The fourth-order valence-corrected chi connectivity index (χ4v) is 3.85. The highest BCUT2D eigenvalue weighted by Crippen LogP contribution is 2.48. The summed E-state index contributed by atoms with van der Waals surface area (Å²) in [5.41, 5.74) is 1.29. The summed E-state index contributed by atoms with van der Waals surface area (Å²) in [7, 11) is 0. The quantitative estimate of drug-likeness (QED) is 0.748. The Bertz CT molecular complexity index is 390. The van der Waals surface area contributed by atoms with Crippen LogP contribution in [0.25, 0.3) is 0 Å². The van der Waals surface area contributed by atoms with E-state index in [1.54, 1.807) is 0 Å². The summed E-state index contributed by atoms with van der Waals surface area (Å²) in [6, 6.07) is 8.41. The Labute approximate surface area is 112 Å². The van der Waals surface area contributed by atoms with Crippen molar-refractivity contribution in [2.45, 2.75) is 31.0 Å². The van der Waals surface area contributed by atoms with Crippen molar-refractivity contribution in [1.82, 2.24) is 0 Å². The van der Waals surface area contributed by atoms with Crippen LogP contribution < -0.4 is 4.74 Å². The lowest BCUT2D eigenvalue weighted by Gasteiger charge is -2.21. The van der Waals surface area contributed by atoms with Crippen LogP contribution in [0.2, 0.25) is 0 Å². The average molecular weight is 295 g/mol. The minimum absolute atomic E-state index is 0.821. The van der Waals surface area contributed by atoms with Gasteiger partial charge in [-0.3, -0.25) is 0 Å². The lowest BCUT2D eigenvalue weighted by Crippen LogP contribution is -2.18. The van der Waals surface area contributed by atoms with Gasteiger partial charge in [-0.15, -0.1) is 0 Å². The number of benzene rings is 1. The van der Waals surface area contributed by atoms with Gasteiger partial charge < -0.3 is 4.74 Å².